The number of hydrogen-bond donors (Lipinski definition) is 0. The van der Waals surface area contributed by atoms with Crippen LogP contribution in [0.2, 0.25) is 0 Å². The van der Waals surface area contributed by atoms with Crippen LogP contribution in [0.1, 0.15) is 46.0 Å². The molecule has 1 aliphatic rings. The van der Waals surface area contributed by atoms with E-state index in [0.29, 0.717) is 17.5 Å². The van der Waals surface area contributed by atoms with Gasteiger partial charge in [-0.2, -0.15) is 0 Å². The van der Waals surface area contributed by atoms with Gasteiger partial charge in [-0.1, -0.05) is 25.6 Å². The number of esters is 1. The van der Waals surface area contributed by atoms with Gasteiger partial charge >= 0.3 is 5.97 Å². The molecule has 1 aromatic carbocycles. The fourth-order valence-corrected chi connectivity index (χ4v) is 2.01. The van der Waals surface area contributed by atoms with E-state index in [1.165, 1.54) is 0 Å². The van der Waals surface area contributed by atoms with Crippen molar-refractivity contribution >= 4 is 23.6 Å². The predicted octanol–water partition coefficient (Wildman–Crippen LogP) is 2.42. The fourth-order valence-electron chi connectivity index (χ4n) is 2.01. The van der Waals surface area contributed by atoms with Gasteiger partial charge < -0.3 is 4.74 Å². The summed E-state index contributed by atoms with van der Waals surface area (Å²) in [6.45, 7) is 5.43. The zero-order chi connectivity index (χ0) is 14.0. The fraction of sp³-hybridized carbons (Fsp3) is 0.267. The van der Waals surface area contributed by atoms with Crippen LogP contribution in [0.25, 0.3) is 6.08 Å². The number of benzene rings is 1. The molecule has 0 heterocycles. The summed E-state index contributed by atoms with van der Waals surface area (Å²) >= 11 is 0. The molecule has 1 aromatic rings. The second kappa shape index (κ2) is 5.18. The molecule has 0 aliphatic heterocycles. The molecular formula is C15H14O4. The topological polar surface area (TPSA) is 60.4 Å². The summed E-state index contributed by atoms with van der Waals surface area (Å²) in [5.41, 5.74) is 1.36. The summed E-state index contributed by atoms with van der Waals surface area (Å²) in [5, 5.41) is 0. The largest absolute Gasteiger partial charge is 0.445 e. The number of carbonyl (C=O) groups is 3. The molecule has 1 aliphatic carbocycles. The van der Waals surface area contributed by atoms with E-state index in [4.69, 9.17) is 4.74 Å². The zero-order valence-electron chi connectivity index (χ0n) is 10.6. The lowest BCUT2D eigenvalue weighted by atomic mass is 10.1. The SMILES string of the molecule is C=Cc1ccc2c(c1)C(=O)C(OC(=O)CCC)C2=O. The molecule has 1 atom stereocenters. The van der Waals surface area contributed by atoms with Crippen molar-refractivity contribution in [3.63, 3.8) is 0 Å². The van der Waals surface area contributed by atoms with Gasteiger partial charge in [0.25, 0.3) is 0 Å². The van der Waals surface area contributed by atoms with E-state index in [1.807, 2.05) is 6.92 Å². The van der Waals surface area contributed by atoms with Crippen molar-refractivity contribution in [2.45, 2.75) is 25.9 Å². The molecule has 0 bridgehead atoms. The Balaban J connectivity index is 2.28. The highest BCUT2D eigenvalue weighted by atomic mass is 16.5. The smallest absolute Gasteiger partial charge is 0.306 e. The van der Waals surface area contributed by atoms with Gasteiger partial charge in [0.05, 0.1) is 0 Å². The second-order valence-electron chi connectivity index (χ2n) is 4.36. The standard InChI is InChI=1S/C15H14O4/c1-3-5-12(16)19-15-13(17)10-7-6-9(4-2)8-11(10)14(15)18/h4,6-8,15H,2-3,5H2,1H3. The number of Topliss-reactive ketones (excluding diaryl/α,β-unsaturated/α-hetero) is 2. The Kier molecular flexibility index (Phi) is 3.60. The van der Waals surface area contributed by atoms with Crippen molar-refractivity contribution < 1.29 is 19.1 Å². The Morgan fingerprint density at radius 2 is 2.00 bits per heavy atom. The number of hydrogen-bond acceptors (Lipinski definition) is 4. The van der Waals surface area contributed by atoms with Crippen LogP contribution in [0.5, 0.6) is 0 Å². The van der Waals surface area contributed by atoms with E-state index in [0.717, 1.165) is 5.56 Å². The Labute approximate surface area is 111 Å². The normalized spacial score (nSPS) is 17.2. The number of ketones is 2. The molecule has 0 amide bonds. The van der Waals surface area contributed by atoms with Crippen molar-refractivity contribution in [3.8, 4) is 0 Å². The van der Waals surface area contributed by atoms with Crippen molar-refractivity contribution in [2.75, 3.05) is 0 Å². The molecule has 0 fully saturated rings. The van der Waals surface area contributed by atoms with Crippen LogP contribution in [0.15, 0.2) is 24.8 Å². The van der Waals surface area contributed by atoms with Crippen LogP contribution in [-0.2, 0) is 9.53 Å². The third-order valence-corrected chi connectivity index (χ3v) is 2.99. The molecule has 19 heavy (non-hydrogen) atoms. The summed E-state index contributed by atoms with van der Waals surface area (Å²) in [4.78, 5) is 35.5. The van der Waals surface area contributed by atoms with Crippen LogP contribution in [0.3, 0.4) is 0 Å². The maximum atomic E-state index is 12.1. The minimum atomic E-state index is -1.31. The van der Waals surface area contributed by atoms with Gasteiger partial charge in [-0.05, 0) is 24.1 Å². The van der Waals surface area contributed by atoms with E-state index in [9.17, 15) is 14.4 Å². The Morgan fingerprint density at radius 3 is 2.63 bits per heavy atom. The zero-order valence-corrected chi connectivity index (χ0v) is 10.6. The van der Waals surface area contributed by atoms with Gasteiger partial charge in [-0.15, -0.1) is 0 Å². The molecule has 0 N–H and O–H groups in total. The minimum Gasteiger partial charge on any atom is -0.445 e. The molecule has 2 rings (SSSR count). The van der Waals surface area contributed by atoms with Gasteiger partial charge in [-0.3, -0.25) is 14.4 Å². The molecule has 98 valence electrons. The van der Waals surface area contributed by atoms with Crippen molar-refractivity contribution in [2.24, 2.45) is 0 Å². The highest BCUT2D eigenvalue weighted by Crippen LogP contribution is 2.26. The van der Waals surface area contributed by atoms with Crippen molar-refractivity contribution in [1.29, 1.82) is 0 Å². The van der Waals surface area contributed by atoms with Crippen LogP contribution in [0, 0.1) is 0 Å². The molecule has 1 unspecified atom stereocenters. The van der Waals surface area contributed by atoms with Gasteiger partial charge in [0.1, 0.15) is 0 Å². The average molecular weight is 258 g/mol. The van der Waals surface area contributed by atoms with Gasteiger partial charge in [0.15, 0.2) is 0 Å². The predicted molar refractivity (Wildman–Crippen MR) is 70.0 cm³/mol. The van der Waals surface area contributed by atoms with E-state index >= 15 is 0 Å². The van der Waals surface area contributed by atoms with Gasteiger partial charge in [-0.25, -0.2) is 0 Å². The molecule has 0 aromatic heterocycles. The van der Waals surface area contributed by atoms with E-state index < -0.39 is 23.6 Å². The maximum Gasteiger partial charge on any atom is 0.306 e. The van der Waals surface area contributed by atoms with Gasteiger partial charge in [0.2, 0.25) is 17.7 Å². The first-order chi connectivity index (χ1) is 9.08. The summed E-state index contributed by atoms with van der Waals surface area (Å²) in [5.74, 6) is -1.42. The molecule has 4 heteroatoms. The van der Waals surface area contributed by atoms with E-state index in [-0.39, 0.29) is 6.42 Å². The summed E-state index contributed by atoms with van der Waals surface area (Å²) < 4.78 is 4.97. The first-order valence-electron chi connectivity index (χ1n) is 6.13. The Bertz CT molecular complexity index is 572. The molecule has 4 nitrogen and oxygen atoms in total. The van der Waals surface area contributed by atoms with Crippen molar-refractivity contribution in [3.05, 3.63) is 41.5 Å². The van der Waals surface area contributed by atoms with Crippen LogP contribution < -0.4 is 0 Å². The van der Waals surface area contributed by atoms with Crippen LogP contribution >= 0.6 is 0 Å². The Hall–Kier alpha value is -2.23. The number of rotatable bonds is 4. The minimum absolute atomic E-state index is 0.200. The first kappa shape index (κ1) is 13.2. The highest BCUT2D eigenvalue weighted by molar-refractivity contribution is 6.29. The lowest BCUT2D eigenvalue weighted by Gasteiger charge is -2.08. The average Bonchev–Trinajstić information content (AvgIpc) is 2.64. The van der Waals surface area contributed by atoms with Crippen LogP contribution in [-0.4, -0.2) is 23.6 Å². The first-order valence-corrected chi connectivity index (χ1v) is 6.13. The molecule has 0 saturated heterocycles. The molecule has 0 spiro atoms. The number of ether oxygens (including phenoxy) is 1. The summed E-state index contributed by atoms with van der Waals surface area (Å²) in [6.07, 6.45) is 1.09. The summed E-state index contributed by atoms with van der Waals surface area (Å²) in [6, 6.07) is 4.86. The lowest BCUT2D eigenvalue weighted by molar-refractivity contribution is -0.145. The molecular weight excluding hydrogens is 244 g/mol. The maximum absolute atomic E-state index is 12.1. The summed E-state index contributed by atoms with van der Waals surface area (Å²) in [7, 11) is 0. The van der Waals surface area contributed by atoms with E-state index in [2.05, 4.69) is 6.58 Å². The Morgan fingerprint density at radius 1 is 1.32 bits per heavy atom. The lowest BCUT2D eigenvalue weighted by Crippen LogP contribution is -2.28. The van der Waals surface area contributed by atoms with Crippen LogP contribution in [0.4, 0.5) is 0 Å². The third kappa shape index (κ3) is 2.34. The van der Waals surface area contributed by atoms with Crippen molar-refractivity contribution in [1.82, 2.24) is 0 Å². The molecule has 0 radical (unpaired) electrons. The third-order valence-electron chi connectivity index (χ3n) is 2.99. The monoisotopic (exact) mass is 258 g/mol. The van der Waals surface area contributed by atoms with Gasteiger partial charge in [0, 0.05) is 17.5 Å². The van der Waals surface area contributed by atoms with E-state index in [1.54, 1.807) is 24.3 Å². The highest BCUT2D eigenvalue weighted by Gasteiger charge is 2.41. The quantitative estimate of drug-likeness (QED) is 0.614. The second-order valence-corrected chi connectivity index (χ2v) is 4.36. The molecule has 0 saturated carbocycles. The number of carbonyl (C=O) groups excluding carboxylic acids is 3. The number of fused-ring (bicyclic) bond motifs is 1.